The fraction of sp³-hybridized carbons (Fsp3) is 0.960. The summed E-state index contributed by atoms with van der Waals surface area (Å²) in [7, 11) is 0. The topological polar surface area (TPSA) is 17.1 Å². The molecule has 0 N–H and O–H groups in total. The molecule has 0 aromatic heterocycles. The van der Waals surface area contributed by atoms with Crippen molar-refractivity contribution in [3.63, 3.8) is 0 Å². The summed E-state index contributed by atoms with van der Waals surface area (Å²) in [5, 5.41) is 0. The second kappa shape index (κ2) is 7.79. The van der Waals surface area contributed by atoms with Gasteiger partial charge in [0.05, 0.1) is 10.8 Å². The highest BCUT2D eigenvalue weighted by Crippen LogP contribution is 2.66. The molecule has 0 aliphatic heterocycles. The van der Waals surface area contributed by atoms with Crippen LogP contribution in [0.1, 0.15) is 110 Å². The highest BCUT2D eigenvalue weighted by molar-refractivity contribution is 5.98. The van der Waals surface area contributed by atoms with Crippen LogP contribution in [-0.4, -0.2) is 12.0 Å². The molecular weight excluding hydrogens is 335 g/mol. The monoisotopic (exact) mass is 376 g/mol. The molecule has 27 heavy (non-hydrogen) atoms. The van der Waals surface area contributed by atoms with Crippen LogP contribution >= 0.6 is 0 Å². The molecule has 1 atom stereocenters. The summed E-state index contributed by atoms with van der Waals surface area (Å²) in [6.07, 6.45) is 16.3. The normalized spacial score (nSPS) is 48.0. The average molecular weight is 377 g/mol. The Balaban J connectivity index is 1.32. The molecule has 0 radical (unpaired) electrons. The molecule has 4 fully saturated rings. The number of ketones is 1. The highest BCUT2D eigenvalue weighted by Gasteiger charge is 2.71. The number of carbonyl (C=O) groups excluding carboxylic acids is 1. The first-order chi connectivity index (χ1) is 13.0. The van der Waals surface area contributed by atoms with Gasteiger partial charge in [-0.2, -0.15) is 0 Å². The average Bonchev–Trinajstić information content (AvgIpc) is 2.72. The maximum atomic E-state index is 15.6. The van der Waals surface area contributed by atoms with Crippen LogP contribution in [0.2, 0.25) is 0 Å². The Morgan fingerprint density at radius 2 is 1.37 bits per heavy atom. The van der Waals surface area contributed by atoms with Gasteiger partial charge in [0.1, 0.15) is 6.17 Å². The van der Waals surface area contributed by atoms with Crippen molar-refractivity contribution < 1.29 is 9.18 Å². The number of halogens is 1. The van der Waals surface area contributed by atoms with Crippen molar-refractivity contribution in [2.75, 3.05) is 0 Å². The number of hydrogen-bond donors (Lipinski definition) is 0. The van der Waals surface area contributed by atoms with Gasteiger partial charge in [-0.15, -0.1) is 0 Å². The van der Waals surface area contributed by atoms with Gasteiger partial charge in [0.2, 0.25) is 0 Å². The number of rotatable bonds is 4. The quantitative estimate of drug-likeness (QED) is 0.504. The number of carbonyl (C=O) groups is 1. The maximum Gasteiger partial charge on any atom is 0.151 e. The van der Waals surface area contributed by atoms with E-state index in [4.69, 9.17) is 0 Å². The van der Waals surface area contributed by atoms with Gasteiger partial charge in [-0.1, -0.05) is 46.0 Å². The standard InChI is InChI=1S/C25H41FO/c1-3-4-5-19-10-14-24(15-11-19)22(26)25(23(24)27)16-12-21(13-17-25)20-8-6-18(2)7-9-20/h18-22H,3-17H2,1-2H3/t18?,19?,20?,21?,22-,24?,25?/m1/s1. The summed E-state index contributed by atoms with van der Waals surface area (Å²) in [6.45, 7) is 4.62. The molecule has 2 heteroatoms. The van der Waals surface area contributed by atoms with Crippen molar-refractivity contribution in [1.29, 1.82) is 0 Å². The molecule has 4 aliphatic carbocycles. The van der Waals surface area contributed by atoms with Crippen LogP contribution in [-0.2, 0) is 4.79 Å². The minimum Gasteiger partial charge on any atom is -0.298 e. The number of alkyl halides is 1. The predicted octanol–water partition coefficient (Wildman–Crippen LogP) is 7.28. The molecule has 0 aromatic rings. The molecule has 0 amide bonds. The van der Waals surface area contributed by atoms with E-state index in [9.17, 15) is 4.79 Å². The van der Waals surface area contributed by atoms with E-state index in [0.29, 0.717) is 5.78 Å². The zero-order valence-corrected chi connectivity index (χ0v) is 17.8. The van der Waals surface area contributed by atoms with Crippen LogP contribution < -0.4 is 0 Å². The molecule has 4 saturated carbocycles. The van der Waals surface area contributed by atoms with Crippen LogP contribution in [0, 0.1) is 34.5 Å². The molecule has 0 saturated heterocycles. The summed E-state index contributed by atoms with van der Waals surface area (Å²) in [5.41, 5.74) is -1.12. The lowest BCUT2D eigenvalue weighted by Crippen LogP contribution is -2.69. The molecular formula is C25H41FO. The van der Waals surface area contributed by atoms with E-state index < -0.39 is 17.0 Å². The predicted molar refractivity (Wildman–Crippen MR) is 109 cm³/mol. The van der Waals surface area contributed by atoms with Crippen LogP contribution in [0.5, 0.6) is 0 Å². The number of Topliss-reactive ketones (excluding diaryl/α,β-unsaturated/α-hetero) is 1. The Kier molecular flexibility index (Phi) is 5.74. The highest BCUT2D eigenvalue weighted by atomic mass is 19.1. The van der Waals surface area contributed by atoms with Gasteiger partial charge in [0.25, 0.3) is 0 Å². The molecule has 0 heterocycles. The molecule has 0 bridgehead atoms. The Bertz CT molecular complexity index is 516. The van der Waals surface area contributed by atoms with Gasteiger partial charge in [-0.3, -0.25) is 4.79 Å². The smallest absolute Gasteiger partial charge is 0.151 e. The molecule has 0 aromatic carbocycles. The van der Waals surface area contributed by atoms with Gasteiger partial charge in [0, 0.05) is 0 Å². The van der Waals surface area contributed by atoms with Gasteiger partial charge >= 0.3 is 0 Å². The Hall–Kier alpha value is -0.400. The van der Waals surface area contributed by atoms with Gasteiger partial charge < -0.3 is 0 Å². The molecule has 1 nitrogen and oxygen atoms in total. The van der Waals surface area contributed by atoms with Crippen molar-refractivity contribution in [1.82, 2.24) is 0 Å². The van der Waals surface area contributed by atoms with E-state index in [-0.39, 0.29) is 0 Å². The third kappa shape index (κ3) is 3.31. The lowest BCUT2D eigenvalue weighted by molar-refractivity contribution is -0.194. The summed E-state index contributed by atoms with van der Waals surface area (Å²) in [4.78, 5) is 13.3. The third-order valence-corrected chi connectivity index (χ3v) is 9.49. The summed E-state index contributed by atoms with van der Waals surface area (Å²) in [6, 6.07) is 0. The largest absolute Gasteiger partial charge is 0.298 e. The van der Waals surface area contributed by atoms with Crippen LogP contribution in [0.3, 0.4) is 0 Å². The minimum atomic E-state index is -0.836. The molecule has 4 rings (SSSR count). The summed E-state index contributed by atoms with van der Waals surface area (Å²) >= 11 is 0. The van der Waals surface area contributed by atoms with Gasteiger partial charge in [-0.05, 0) is 87.9 Å². The first-order valence-electron chi connectivity index (χ1n) is 12.2. The van der Waals surface area contributed by atoms with E-state index in [1.54, 1.807) is 0 Å². The molecule has 0 unspecified atom stereocenters. The fourth-order valence-electron chi connectivity index (χ4n) is 7.50. The summed E-state index contributed by atoms with van der Waals surface area (Å²) in [5.74, 6) is 3.62. The first-order valence-corrected chi connectivity index (χ1v) is 12.2. The molecule has 4 aliphatic rings. The Morgan fingerprint density at radius 1 is 0.852 bits per heavy atom. The third-order valence-electron chi connectivity index (χ3n) is 9.49. The maximum absolute atomic E-state index is 15.6. The van der Waals surface area contributed by atoms with E-state index in [0.717, 1.165) is 75.0 Å². The fourth-order valence-corrected chi connectivity index (χ4v) is 7.50. The Labute approximate surface area is 166 Å². The number of unbranched alkanes of at least 4 members (excludes halogenated alkanes) is 1. The first kappa shape index (κ1) is 19.9. The van der Waals surface area contributed by atoms with Crippen molar-refractivity contribution in [3.05, 3.63) is 0 Å². The lowest BCUT2D eigenvalue weighted by Gasteiger charge is -2.61. The molecule has 154 valence electrons. The van der Waals surface area contributed by atoms with E-state index in [1.807, 2.05) is 0 Å². The SMILES string of the molecule is CCCCC1CCC2(CC1)C(=O)C1(CCC(C3CCC(C)CC3)CC1)[C@@H]2F. The van der Waals surface area contributed by atoms with Crippen molar-refractivity contribution in [2.45, 2.75) is 116 Å². The van der Waals surface area contributed by atoms with Crippen molar-refractivity contribution >= 4 is 5.78 Å². The second-order valence-corrected chi connectivity index (χ2v) is 10.9. The second-order valence-electron chi connectivity index (χ2n) is 10.9. The Morgan fingerprint density at radius 3 is 1.89 bits per heavy atom. The van der Waals surface area contributed by atoms with Crippen molar-refractivity contribution in [2.24, 2.45) is 34.5 Å². The number of hydrogen-bond acceptors (Lipinski definition) is 1. The van der Waals surface area contributed by atoms with Crippen LogP contribution in [0.25, 0.3) is 0 Å². The zero-order chi connectivity index (χ0) is 19.1. The lowest BCUT2D eigenvalue weighted by atomic mass is 9.41. The molecule has 2 spiro atoms. The van der Waals surface area contributed by atoms with Crippen molar-refractivity contribution in [3.8, 4) is 0 Å². The van der Waals surface area contributed by atoms with E-state index >= 15 is 4.39 Å². The summed E-state index contributed by atoms with van der Waals surface area (Å²) < 4.78 is 15.6. The van der Waals surface area contributed by atoms with E-state index in [1.165, 1.54) is 44.9 Å². The minimum absolute atomic E-state index is 0.354. The van der Waals surface area contributed by atoms with Crippen LogP contribution in [0.15, 0.2) is 0 Å². The van der Waals surface area contributed by atoms with Gasteiger partial charge in [0.15, 0.2) is 5.78 Å². The zero-order valence-electron chi connectivity index (χ0n) is 17.8. The van der Waals surface area contributed by atoms with E-state index in [2.05, 4.69) is 13.8 Å². The van der Waals surface area contributed by atoms with Gasteiger partial charge in [-0.25, -0.2) is 4.39 Å². The van der Waals surface area contributed by atoms with Crippen LogP contribution in [0.4, 0.5) is 4.39 Å².